The smallest absolute Gasteiger partial charge is 0.232 e. The SMILES string of the molecule is Cc1cccc(CC(=O)NCCN(c2ccc3c(c2)OCO3)S(C)(=O)=O)c1. The molecule has 0 unspecified atom stereocenters. The molecule has 0 saturated carbocycles. The van der Waals surface area contributed by atoms with Crippen LogP contribution in [0.3, 0.4) is 0 Å². The van der Waals surface area contributed by atoms with Crippen molar-refractivity contribution in [3.05, 3.63) is 53.6 Å². The van der Waals surface area contributed by atoms with E-state index in [4.69, 9.17) is 9.47 Å². The number of carbonyl (C=O) groups excluding carboxylic acids is 1. The zero-order valence-corrected chi connectivity index (χ0v) is 16.1. The molecule has 1 N–H and O–H groups in total. The molecule has 0 bridgehead atoms. The van der Waals surface area contributed by atoms with E-state index in [1.807, 2.05) is 31.2 Å². The summed E-state index contributed by atoms with van der Waals surface area (Å²) in [7, 11) is -3.51. The standard InChI is InChI=1S/C19H22N2O5S/c1-14-4-3-5-15(10-14)11-19(22)20-8-9-21(27(2,23)24)16-6-7-17-18(12-16)26-13-25-17/h3-7,10,12H,8-9,11,13H2,1-2H3,(H,20,22). The van der Waals surface area contributed by atoms with E-state index in [-0.39, 0.29) is 32.2 Å². The second-order valence-electron chi connectivity index (χ2n) is 6.39. The number of nitrogens with one attached hydrogen (secondary N) is 1. The summed E-state index contributed by atoms with van der Waals surface area (Å²) in [4.78, 5) is 12.1. The fourth-order valence-electron chi connectivity index (χ4n) is 2.89. The Morgan fingerprint density at radius 2 is 1.93 bits per heavy atom. The zero-order chi connectivity index (χ0) is 19.4. The highest BCUT2D eigenvalue weighted by Crippen LogP contribution is 2.35. The van der Waals surface area contributed by atoms with Crippen molar-refractivity contribution in [1.82, 2.24) is 5.32 Å². The number of ether oxygens (including phenoxy) is 2. The molecule has 8 heteroatoms. The van der Waals surface area contributed by atoms with E-state index in [1.165, 1.54) is 4.31 Å². The summed E-state index contributed by atoms with van der Waals surface area (Å²) in [5, 5.41) is 2.77. The average molecular weight is 390 g/mol. The summed E-state index contributed by atoms with van der Waals surface area (Å²) in [5.41, 5.74) is 2.48. The minimum Gasteiger partial charge on any atom is -0.454 e. The van der Waals surface area contributed by atoms with E-state index in [0.29, 0.717) is 17.2 Å². The van der Waals surface area contributed by atoms with Crippen LogP contribution in [-0.4, -0.2) is 40.5 Å². The van der Waals surface area contributed by atoms with Gasteiger partial charge in [-0.05, 0) is 24.6 Å². The zero-order valence-electron chi connectivity index (χ0n) is 15.3. The van der Waals surface area contributed by atoms with Crippen molar-refractivity contribution in [2.75, 3.05) is 30.4 Å². The summed E-state index contributed by atoms with van der Waals surface area (Å²) in [6, 6.07) is 12.7. The Bertz CT molecular complexity index is 943. The number of nitrogens with zero attached hydrogens (tertiary/aromatic N) is 1. The number of aryl methyl sites for hydroxylation is 1. The monoisotopic (exact) mass is 390 g/mol. The van der Waals surface area contributed by atoms with Crippen LogP contribution in [0.1, 0.15) is 11.1 Å². The lowest BCUT2D eigenvalue weighted by Gasteiger charge is -2.22. The van der Waals surface area contributed by atoms with Crippen molar-refractivity contribution in [3.8, 4) is 11.5 Å². The molecule has 0 saturated heterocycles. The third kappa shape index (κ3) is 4.91. The molecule has 0 spiro atoms. The van der Waals surface area contributed by atoms with Gasteiger partial charge < -0.3 is 14.8 Å². The maximum atomic E-state index is 12.2. The Morgan fingerprint density at radius 1 is 1.15 bits per heavy atom. The first kappa shape index (κ1) is 19.0. The van der Waals surface area contributed by atoms with Gasteiger partial charge in [0, 0.05) is 12.6 Å². The largest absolute Gasteiger partial charge is 0.454 e. The molecule has 2 aromatic carbocycles. The van der Waals surface area contributed by atoms with E-state index in [9.17, 15) is 13.2 Å². The fourth-order valence-corrected chi connectivity index (χ4v) is 3.81. The Hall–Kier alpha value is -2.74. The van der Waals surface area contributed by atoms with Gasteiger partial charge in [0.05, 0.1) is 24.9 Å². The van der Waals surface area contributed by atoms with Crippen molar-refractivity contribution < 1.29 is 22.7 Å². The van der Waals surface area contributed by atoms with Gasteiger partial charge in [0.1, 0.15) is 0 Å². The number of benzene rings is 2. The van der Waals surface area contributed by atoms with Crippen molar-refractivity contribution in [2.24, 2.45) is 0 Å². The number of amides is 1. The first-order valence-electron chi connectivity index (χ1n) is 8.52. The predicted molar refractivity (Wildman–Crippen MR) is 103 cm³/mol. The van der Waals surface area contributed by atoms with Gasteiger partial charge in [0.25, 0.3) is 0 Å². The number of fused-ring (bicyclic) bond motifs is 1. The van der Waals surface area contributed by atoms with Crippen LogP contribution >= 0.6 is 0 Å². The van der Waals surface area contributed by atoms with Gasteiger partial charge in [0.15, 0.2) is 11.5 Å². The first-order chi connectivity index (χ1) is 12.8. The van der Waals surface area contributed by atoms with Gasteiger partial charge >= 0.3 is 0 Å². The summed E-state index contributed by atoms with van der Waals surface area (Å²) in [6.45, 7) is 2.41. The molecule has 27 heavy (non-hydrogen) atoms. The molecular weight excluding hydrogens is 368 g/mol. The number of sulfonamides is 1. The Balaban J connectivity index is 1.62. The van der Waals surface area contributed by atoms with Crippen LogP contribution in [-0.2, 0) is 21.2 Å². The quantitative estimate of drug-likeness (QED) is 0.780. The average Bonchev–Trinajstić information content (AvgIpc) is 3.05. The molecule has 0 atom stereocenters. The Labute approximate surface area is 158 Å². The van der Waals surface area contributed by atoms with Crippen molar-refractivity contribution >= 4 is 21.6 Å². The number of hydrogen-bond donors (Lipinski definition) is 1. The van der Waals surface area contributed by atoms with Crippen LogP contribution in [0.5, 0.6) is 11.5 Å². The predicted octanol–water partition coefficient (Wildman–Crippen LogP) is 1.85. The van der Waals surface area contributed by atoms with E-state index in [2.05, 4.69) is 5.32 Å². The highest BCUT2D eigenvalue weighted by Gasteiger charge is 2.21. The highest BCUT2D eigenvalue weighted by molar-refractivity contribution is 7.92. The lowest BCUT2D eigenvalue weighted by molar-refractivity contribution is -0.120. The Kier molecular flexibility index (Phi) is 5.55. The molecule has 3 rings (SSSR count). The van der Waals surface area contributed by atoms with E-state index >= 15 is 0 Å². The van der Waals surface area contributed by atoms with Crippen molar-refractivity contribution in [3.63, 3.8) is 0 Å². The molecule has 0 aromatic heterocycles. The van der Waals surface area contributed by atoms with Crippen LogP contribution in [0.15, 0.2) is 42.5 Å². The van der Waals surface area contributed by atoms with E-state index in [0.717, 1.165) is 17.4 Å². The minimum atomic E-state index is -3.51. The Morgan fingerprint density at radius 3 is 2.67 bits per heavy atom. The third-order valence-corrected chi connectivity index (χ3v) is 5.32. The summed E-state index contributed by atoms with van der Waals surface area (Å²) >= 11 is 0. The van der Waals surface area contributed by atoms with E-state index in [1.54, 1.807) is 18.2 Å². The maximum absolute atomic E-state index is 12.2. The van der Waals surface area contributed by atoms with Gasteiger partial charge in [-0.25, -0.2) is 8.42 Å². The highest BCUT2D eigenvalue weighted by atomic mass is 32.2. The molecule has 0 aliphatic carbocycles. The number of anilines is 1. The number of hydrogen-bond acceptors (Lipinski definition) is 5. The van der Waals surface area contributed by atoms with Crippen LogP contribution < -0.4 is 19.1 Å². The lowest BCUT2D eigenvalue weighted by atomic mass is 10.1. The lowest BCUT2D eigenvalue weighted by Crippen LogP contribution is -2.38. The first-order valence-corrected chi connectivity index (χ1v) is 10.4. The summed E-state index contributed by atoms with van der Waals surface area (Å²) in [6.07, 6.45) is 1.39. The molecule has 144 valence electrons. The number of rotatable bonds is 7. The fraction of sp³-hybridized carbons (Fsp3) is 0.316. The van der Waals surface area contributed by atoms with Gasteiger partial charge in [-0.3, -0.25) is 9.10 Å². The van der Waals surface area contributed by atoms with Gasteiger partial charge in [-0.1, -0.05) is 29.8 Å². The molecule has 0 fully saturated rings. The van der Waals surface area contributed by atoms with Crippen molar-refractivity contribution in [1.29, 1.82) is 0 Å². The third-order valence-electron chi connectivity index (χ3n) is 4.13. The molecule has 1 aliphatic rings. The molecular formula is C19H22N2O5S. The summed E-state index contributed by atoms with van der Waals surface area (Å²) < 4.78 is 36.1. The van der Waals surface area contributed by atoms with Gasteiger partial charge in [-0.2, -0.15) is 0 Å². The molecule has 1 aliphatic heterocycles. The second kappa shape index (κ2) is 7.87. The van der Waals surface area contributed by atoms with Crippen LogP contribution in [0.25, 0.3) is 0 Å². The molecule has 0 radical (unpaired) electrons. The van der Waals surface area contributed by atoms with Gasteiger partial charge in [-0.15, -0.1) is 0 Å². The molecule has 1 heterocycles. The minimum absolute atomic E-state index is 0.118. The second-order valence-corrected chi connectivity index (χ2v) is 8.30. The number of carbonyl (C=O) groups is 1. The topological polar surface area (TPSA) is 84.9 Å². The molecule has 7 nitrogen and oxygen atoms in total. The van der Waals surface area contributed by atoms with Crippen LogP contribution in [0.2, 0.25) is 0 Å². The molecule has 2 aromatic rings. The summed E-state index contributed by atoms with van der Waals surface area (Å²) in [5.74, 6) is 0.933. The molecule has 1 amide bonds. The van der Waals surface area contributed by atoms with Crippen molar-refractivity contribution in [2.45, 2.75) is 13.3 Å². The van der Waals surface area contributed by atoms with Gasteiger partial charge in [0.2, 0.25) is 22.7 Å². The maximum Gasteiger partial charge on any atom is 0.232 e. The normalized spacial score (nSPS) is 12.7. The van der Waals surface area contributed by atoms with Crippen LogP contribution in [0.4, 0.5) is 5.69 Å². The van der Waals surface area contributed by atoms with Crippen LogP contribution in [0, 0.1) is 6.92 Å². The van der Waals surface area contributed by atoms with E-state index < -0.39 is 10.0 Å².